The maximum absolute atomic E-state index is 12.7. The van der Waals surface area contributed by atoms with Gasteiger partial charge in [0.2, 0.25) is 0 Å². The Morgan fingerprint density at radius 2 is 2.28 bits per heavy atom. The molecule has 10 nitrogen and oxygen atoms in total. The Hall–Kier alpha value is -2.77. The van der Waals surface area contributed by atoms with E-state index in [1.165, 1.54) is 11.0 Å². The third-order valence-electron chi connectivity index (χ3n) is 3.86. The van der Waals surface area contributed by atoms with Gasteiger partial charge in [-0.25, -0.2) is 0 Å². The first-order valence-electron chi connectivity index (χ1n) is 8.11. The van der Waals surface area contributed by atoms with Gasteiger partial charge in [0.15, 0.2) is 5.82 Å². The zero-order valence-corrected chi connectivity index (χ0v) is 14.0. The van der Waals surface area contributed by atoms with Crippen LogP contribution in [0.15, 0.2) is 12.4 Å². The maximum Gasteiger partial charge on any atom is 0.272 e. The highest BCUT2D eigenvalue weighted by Gasteiger charge is 2.26. The van der Waals surface area contributed by atoms with Crippen molar-refractivity contribution >= 4 is 5.91 Å². The van der Waals surface area contributed by atoms with Gasteiger partial charge >= 0.3 is 0 Å². The molecule has 0 aromatic carbocycles. The van der Waals surface area contributed by atoms with Crippen LogP contribution in [0.3, 0.4) is 0 Å². The Kier molecular flexibility index (Phi) is 5.37. The number of rotatable bonds is 3. The van der Waals surface area contributed by atoms with E-state index < -0.39 is 6.10 Å². The Morgan fingerprint density at radius 1 is 1.40 bits per heavy atom. The molecule has 0 bridgehead atoms. The van der Waals surface area contributed by atoms with Crippen LogP contribution in [0.2, 0.25) is 0 Å². The summed E-state index contributed by atoms with van der Waals surface area (Å²) >= 11 is 0. The SMILES string of the molecule is CCC#CCN1CCN(C(=O)c2cc(-n3cnnn3)n[nH]2)C[C@@H](O)C1. The molecule has 1 amide bonds. The van der Waals surface area contributed by atoms with Crippen molar-refractivity contribution in [2.75, 3.05) is 32.7 Å². The predicted molar refractivity (Wildman–Crippen MR) is 87.7 cm³/mol. The summed E-state index contributed by atoms with van der Waals surface area (Å²) in [5.74, 6) is 6.31. The number of carbonyl (C=O) groups excluding carboxylic acids is 1. The van der Waals surface area contributed by atoms with Crippen molar-refractivity contribution in [1.82, 2.24) is 40.2 Å². The number of aliphatic hydroxyl groups excluding tert-OH is 1. The summed E-state index contributed by atoms with van der Waals surface area (Å²) in [6, 6.07) is 1.58. The summed E-state index contributed by atoms with van der Waals surface area (Å²) in [4.78, 5) is 16.4. The zero-order valence-electron chi connectivity index (χ0n) is 14.0. The lowest BCUT2D eigenvalue weighted by atomic mass is 10.3. The van der Waals surface area contributed by atoms with Gasteiger partial charge in [-0.1, -0.05) is 12.8 Å². The zero-order chi connectivity index (χ0) is 17.6. The van der Waals surface area contributed by atoms with E-state index in [4.69, 9.17) is 0 Å². The highest BCUT2D eigenvalue weighted by Crippen LogP contribution is 2.10. The van der Waals surface area contributed by atoms with E-state index in [-0.39, 0.29) is 12.5 Å². The molecule has 10 heteroatoms. The second-order valence-electron chi connectivity index (χ2n) is 5.74. The molecule has 3 rings (SSSR count). The number of aromatic amines is 1. The molecule has 1 fully saturated rings. The number of aliphatic hydroxyl groups is 1. The van der Waals surface area contributed by atoms with Crippen LogP contribution in [0.4, 0.5) is 0 Å². The molecule has 0 unspecified atom stereocenters. The summed E-state index contributed by atoms with van der Waals surface area (Å²) in [7, 11) is 0. The van der Waals surface area contributed by atoms with Gasteiger partial charge in [0, 0.05) is 38.7 Å². The fourth-order valence-electron chi connectivity index (χ4n) is 2.65. The molecule has 2 aromatic heterocycles. The third-order valence-corrected chi connectivity index (χ3v) is 3.86. The van der Waals surface area contributed by atoms with Crippen LogP contribution in [0.1, 0.15) is 23.8 Å². The molecule has 0 spiro atoms. The molecule has 0 radical (unpaired) electrons. The maximum atomic E-state index is 12.7. The number of β-amino-alcohol motifs (C(OH)–C–C–N with tert-alkyl or cyclic N) is 1. The van der Waals surface area contributed by atoms with Crippen LogP contribution in [0.25, 0.3) is 5.82 Å². The number of tetrazole rings is 1. The molecule has 0 saturated carbocycles. The topological polar surface area (TPSA) is 116 Å². The fourth-order valence-corrected chi connectivity index (χ4v) is 2.65. The summed E-state index contributed by atoms with van der Waals surface area (Å²) in [5, 5.41) is 27.7. The molecule has 1 aliphatic heterocycles. The average Bonchev–Trinajstić information content (AvgIpc) is 3.25. The van der Waals surface area contributed by atoms with Crippen molar-refractivity contribution < 1.29 is 9.90 Å². The Morgan fingerprint density at radius 3 is 3.04 bits per heavy atom. The number of nitrogens with zero attached hydrogens (tertiary/aromatic N) is 7. The van der Waals surface area contributed by atoms with E-state index in [0.717, 1.165) is 6.42 Å². The van der Waals surface area contributed by atoms with Crippen molar-refractivity contribution in [3.63, 3.8) is 0 Å². The molecule has 1 aliphatic rings. The quantitative estimate of drug-likeness (QED) is 0.680. The molecule has 132 valence electrons. The van der Waals surface area contributed by atoms with Gasteiger partial charge in [-0.3, -0.25) is 14.8 Å². The van der Waals surface area contributed by atoms with Crippen LogP contribution in [0, 0.1) is 11.8 Å². The molecule has 25 heavy (non-hydrogen) atoms. The van der Waals surface area contributed by atoms with E-state index in [9.17, 15) is 9.90 Å². The molecule has 1 saturated heterocycles. The lowest BCUT2D eigenvalue weighted by Crippen LogP contribution is -2.37. The standard InChI is InChI=1S/C15H20N8O2/c1-2-3-4-5-21-6-7-22(10-12(24)9-21)15(25)13-8-14(18-17-13)23-11-16-19-20-23/h8,11-12,24H,2,5-7,9-10H2,1H3,(H,17,18)/t12-/m0/s1. The van der Waals surface area contributed by atoms with Crippen LogP contribution in [-0.2, 0) is 0 Å². The number of nitrogens with one attached hydrogen (secondary N) is 1. The third kappa shape index (κ3) is 4.20. The molecule has 1 atom stereocenters. The lowest BCUT2D eigenvalue weighted by molar-refractivity contribution is 0.0660. The van der Waals surface area contributed by atoms with E-state index in [0.29, 0.717) is 37.7 Å². The van der Waals surface area contributed by atoms with Gasteiger partial charge in [0.1, 0.15) is 12.0 Å². The number of amides is 1. The highest BCUT2D eigenvalue weighted by molar-refractivity contribution is 5.92. The minimum absolute atomic E-state index is 0.215. The van der Waals surface area contributed by atoms with Crippen molar-refractivity contribution in [3.05, 3.63) is 18.1 Å². The largest absolute Gasteiger partial charge is 0.390 e. The highest BCUT2D eigenvalue weighted by atomic mass is 16.3. The number of hydrogen-bond donors (Lipinski definition) is 2. The summed E-state index contributed by atoms with van der Waals surface area (Å²) < 4.78 is 1.36. The summed E-state index contributed by atoms with van der Waals surface area (Å²) in [6.07, 6.45) is 1.59. The van der Waals surface area contributed by atoms with E-state index in [1.54, 1.807) is 11.0 Å². The normalized spacial score (nSPS) is 18.5. The minimum atomic E-state index is -0.614. The number of hydrogen-bond acceptors (Lipinski definition) is 7. The Balaban J connectivity index is 1.66. The monoisotopic (exact) mass is 344 g/mol. The fraction of sp³-hybridized carbons (Fsp3) is 0.533. The number of H-pyrrole nitrogens is 1. The van der Waals surface area contributed by atoms with Gasteiger partial charge in [-0.2, -0.15) is 9.78 Å². The number of aromatic nitrogens is 6. The van der Waals surface area contributed by atoms with Crippen LogP contribution < -0.4 is 0 Å². The second kappa shape index (κ2) is 7.87. The van der Waals surface area contributed by atoms with Crippen molar-refractivity contribution in [3.8, 4) is 17.7 Å². The molecule has 2 N–H and O–H groups in total. The molecular weight excluding hydrogens is 324 g/mol. The van der Waals surface area contributed by atoms with E-state index >= 15 is 0 Å². The predicted octanol–water partition coefficient (Wildman–Crippen LogP) is -1.08. The van der Waals surface area contributed by atoms with Crippen LogP contribution >= 0.6 is 0 Å². The number of carbonyl (C=O) groups is 1. The second-order valence-corrected chi connectivity index (χ2v) is 5.74. The Labute approximate surface area is 144 Å². The first kappa shape index (κ1) is 17.1. The average molecular weight is 344 g/mol. The first-order valence-corrected chi connectivity index (χ1v) is 8.11. The Bertz CT molecular complexity index is 760. The van der Waals surface area contributed by atoms with Crippen molar-refractivity contribution in [1.29, 1.82) is 0 Å². The van der Waals surface area contributed by atoms with E-state index in [2.05, 4.69) is 42.5 Å². The van der Waals surface area contributed by atoms with E-state index in [1.807, 2.05) is 6.92 Å². The lowest BCUT2D eigenvalue weighted by Gasteiger charge is -2.20. The van der Waals surface area contributed by atoms with Gasteiger partial charge in [-0.15, -0.1) is 11.0 Å². The molecular formula is C15H20N8O2. The molecule has 2 aromatic rings. The van der Waals surface area contributed by atoms with Gasteiger partial charge < -0.3 is 10.0 Å². The van der Waals surface area contributed by atoms with Gasteiger partial charge in [0.25, 0.3) is 5.91 Å². The molecule has 3 heterocycles. The van der Waals surface area contributed by atoms with Crippen LogP contribution in [0.5, 0.6) is 0 Å². The van der Waals surface area contributed by atoms with Crippen LogP contribution in [-0.4, -0.2) is 90.0 Å². The summed E-state index contributed by atoms with van der Waals surface area (Å²) in [5.41, 5.74) is 0.330. The van der Waals surface area contributed by atoms with Gasteiger partial charge in [0.05, 0.1) is 12.6 Å². The first-order chi connectivity index (χ1) is 12.2. The van der Waals surface area contributed by atoms with Crippen molar-refractivity contribution in [2.45, 2.75) is 19.4 Å². The smallest absolute Gasteiger partial charge is 0.272 e. The molecule has 0 aliphatic carbocycles. The van der Waals surface area contributed by atoms with Gasteiger partial charge in [-0.05, 0) is 10.4 Å². The minimum Gasteiger partial charge on any atom is -0.390 e. The van der Waals surface area contributed by atoms with Crippen molar-refractivity contribution in [2.24, 2.45) is 0 Å². The summed E-state index contributed by atoms with van der Waals surface area (Å²) in [6.45, 7) is 4.55.